The van der Waals surface area contributed by atoms with Crippen LogP contribution in [0.25, 0.3) is 5.65 Å². The lowest BCUT2D eigenvalue weighted by molar-refractivity contribution is 0.580. The second-order valence-electron chi connectivity index (χ2n) is 5.42. The normalized spacial score (nSPS) is 12.0. The fourth-order valence-corrected chi connectivity index (χ4v) is 3.67. The van der Waals surface area contributed by atoms with Gasteiger partial charge in [-0.3, -0.25) is 0 Å². The highest BCUT2D eigenvalue weighted by molar-refractivity contribution is 9.10. The van der Waals surface area contributed by atoms with Crippen molar-refractivity contribution in [1.82, 2.24) is 14.1 Å². The molecule has 7 heteroatoms. The van der Waals surface area contributed by atoms with E-state index in [2.05, 4.69) is 25.6 Å². The fraction of sp³-hybridized carbons (Fsp3) is 0.188. The monoisotopic (exact) mass is 393 g/mol. The van der Waals surface area contributed by atoms with Crippen LogP contribution in [0.2, 0.25) is 0 Å². The van der Waals surface area contributed by atoms with E-state index in [1.807, 2.05) is 48.8 Å². The Kier molecular flexibility index (Phi) is 4.27. The predicted molar refractivity (Wildman–Crippen MR) is 92.8 cm³/mol. The van der Waals surface area contributed by atoms with E-state index in [4.69, 9.17) is 0 Å². The topological polar surface area (TPSA) is 63.5 Å². The number of aromatic nitrogens is 2. The van der Waals surface area contributed by atoms with Crippen LogP contribution in [0, 0.1) is 13.8 Å². The zero-order chi connectivity index (χ0) is 16.6. The Morgan fingerprint density at radius 2 is 1.91 bits per heavy atom. The lowest BCUT2D eigenvalue weighted by Crippen LogP contribution is -2.23. The summed E-state index contributed by atoms with van der Waals surface area (Å²) in [7, 11) is -3.55. The molecular formula is C16H16BrN3O2S. The molecule has 3 aromatic rings. The number of halogens is 1. The summed E-state index contributed by atoms with van der Waals surface area (Å²) in [5.74, 6) is 0. The lowest BCUT2D eigenvalue weighted by atomic mass is 10.1. The maximum atomic E-state index is 12.4. The van der Waals surface area contributed by atoms with E-state index in [1.165, 1.54) is 0 Å². The van der Waals surface area contributed by atoms with E-state index < -0.39 is 10.0 Å². The van der Waals surface area contributed by atoms with Crippen LogP contribution in [0.3, 0.4) is 0 Å². The second-order valence-corrected chi connectivity index (χ2v) is 8.10. The molecule has 0 aliphatic rings. The number of sulfonamides is 1. The summed E-state index contributed by atoms with van der Waals surface area (Å²) in [4.78, 5) is 4.67. The summed E-state index contributed by atoms with van der Waals surface area (Å²) in [5, 5.41) is 0. The molecule has 0 aliphatic carbocycles. The minimum atomic E-state index is -3.55. The van der Waals surface area contributed by atoms with Crippen molar-refractivity contribution >= 4 is 31.6 Å². The van der Waals surface area contributed by atoms with Crippen LogP contribution >= 0.6 is 15.9 Å². The average molecular weight is 394 g/mol. The van der Waals surface area contributed by atoms with E-state index in [-0.39, 0.29) is 11.4 Å². The quantitative estimate of drug-likeness (QED) is 0.739. The van der Waals surface area contributed by atoms with Gasteiger partial charge in [0.05, 0.1) is 17.1 Å². The van der Waals surface area contributed by atoms with Crippen molar-refractivity contribution in [2.24, 2.45) is 0 Å². The summed E-state index contributed by atoms with van der Waals surface area (Å²) >= 11 is 3.40. The molecule has 0 saturated heterocycles. The van der Waals surface area contributed by atoms with Gasteiger partial charge in [-0.1, -0.05) is 6.07 Å². The minimum absolute atomic E-state index is 0.147. The standard InChI is InChI=1S/C16H16BrN3O2S/c1-11-3-5-15(7-12(11)2)23(21,22)18-8-14-10-20-9-13(17)4-6-16(20)19-14/h3-7,9-10,18H,8H2,1-2H3. The van der Waals surface area contributed by atoms with Crippen molar-refractivity contribution in [3.8, 4) is 0 Å². The third kappa shape index (κ3) is 3.46. The molecular weight excluding hydrogens is 378 g/mol. The van der Waals surface area contributed by atoms with Gasteiger partial charge >= 0.3 is 0 Å². The molecule has 0 aliphatic heterocycles. The third-order valence-electron chi connectivity index (χ3n) is 3.70. The molecule has 23 heavy (non-hydrogen) atoms. The first kappa shape index (κ1) is 16.2. The average Bonchev–Trinajstić information content (AvgIpc) is 2.90. The summed E-state index contributed by atoms with van der Waals surface area (Å²) < 4.78 is 30.2. The molecule has 0 saturated carbocycles. The van der Waals surface area contributed by atoms with Crippen molar-refractivity contribution in [2.45, 2.75) is 25.3 Å². The zero-order valence-corrected chi connectivity index (χ0v) is 15.1. The smallest absolute Gasteiger partial charge is 0.240 e. The molecule has 120 valence electrons. The molecule has 0 radical (unpaired) electrons. The molecule has 3 rings (SSSR count). The van der Waals surface area contributed by atoms with Crippen LogP contribution in [0.4, 0.5) is 0 Å². The van der Waals surface area contributed by atoms with Gasteiger partial charge in [-0.05, 0) is 65.2 Å². The molecule has 0 bridgehead atoms. The highest BCUT2D eigenvalue weighted by Gasteiger charge is 2.15. The van der Waals surface area contributed by atoms with Crippen LogP contribution in [-0.4, -0.2) is 17.8 Å². The molecule has 0 spiro atoms. The van der Waals surface area contributed by atoms with E-state index in [1.54, 1.807) is 12.1 Å². The molecule has 0 amide bonds. The van der Waals surface area contributed by atoms with Crippen molar-refractivity contribution < 1.29 is 8.42 Å². The second kappa shape index (κ2) is 6.07. The van der Waals surface area contributed by atoms with E-state index >= 15 is 0 Å². The molecule has 2 heterocycles. The number of pyridine rings is 1. The zero-order valence-electron chi connectivity index (χ0n) is 12.7. The first-order chi connectivity index (χ1) is 10.8. The van der Waals surface area contributed by atoms with Crippen LogP contribution < -0.4 is 4.72 Å². The van der Waals surface area contributed by atoms with Gasteiger partial charge in [-0.2, -0.15) is 0 Å². The number of fused-ring (bicyclic) bond motifs is 1. The Bertz CT molecular complexity index is 980. The summed E-state index contributed by atoms with van der Waals surface area (Å²) in [6.45, 7) is 4.00. The van der Waals surface area contributed by atoms with Crippen molar-refractivity contribution in [3.05, 3.63) is 64.0 Å². The molecule has 2 aromatic heterocycles. The van der Waals surface area contributed by atoms with Crippen LogP contribution in [0.1, 0.15) is 16.8 Å². The fourth-order valence-electron chi connectivity index (χ4n) is 2.24. The Balaban J connectivity index is 1.81. The van der Waals surface area contributed by atoms with Gasteiger partial charge in [0.2, 0.25) is 10.0 Å². The van der Waals surface area contributed by atoms with Gasteiger partial charge in [0.25, 0.3) is 0 Å². The van der Waals surface area contributed by atoms with Crippen molar-refractivity contribution in [3.63, 3.8) is 0 Å². The predicted octanol–water partition coefficient (Wildman–Crippen LogP) is 3.19. The number of benzene rings is 1. The largest absolute Gasteiger partial charge is 0.306 e. The Hall–Kier alpha value is -1.70. The number of hydrogen-bond acceptors (Lipinski definition) is 3. The van der Waals surface area contributed by atoms with Gasteiger partial charge < -0.3 is 4.40 Å². The van der Waals surface area contributed by atoms with Crippen molar-refractivity contribution in [1.29, 1.82) is 0 Å². The van der Waals surface area contributed by atoms with Gasteiger partial charge in [-0.15, -0.1) is 0 Å². The van der Waals surface area contributed by atoms with E-state index in [0.29, 0.717) is 5.69 Å². The van der Waals surface area contributed by atoms with Gasteiger partial charge in [-0.25, -0.2) is 18.1 Å². The number of rotatable bonds is 4. The summed E-state index contributed by atoms with van der Waals surface area (Å²) in [6.07, 6.45) is 3.69. The highest BCUT2D eigenvalue weighted by atomic mass is 79.9. The van der Waals surface area contributed by atoms with Crippen LogP contribution in [-0.2, 0) is 16.6 Å². The Labute approximate surface area is 143 Å². The summed E-state index contributed by atoms with van der Waals surface area (Å²) in [5.41, 5.74) is 3.45. The number of hydrogen-bond donors (Lipinski definition) is 1. The number of nitrogens with zero attached hydrogens (tertiary/aromatic N) is 2. The van der Waals surface area contributed by atoms with Crippen molar-refractivity contribution in [2.75, 3.05) is 0 Å². The number of imidazole rings is 1. The maximum absolute atomic E-state index is 12.4. The molecule has 1 aromatic carbocycles. The molecule has 5 nitrogen and oxygen atoms in total. The number of nitrogens with one attached hydrogen (secondary N) is 1. The molecule has 0 fully saturated rings. The van der Waals surface area contributed by atoms with Gasteiger partial charge in [0.1, 0.15) is 5.65 Å². The first-order valence-corrected chi connectivity index (χ1v) is 9.33. The lowest BCUT2D eigenvalue weighted by Gasteiger charge is -2.07. The Morgan fingerprint density at radius 1 is 1.13 bits per heavy atom. The van der Waals surface area contributed by atoms with Crippen LogP contribution in [0.5, 0.6) is 0 Å². The summed E-state index contributed by atoms with van der Waals surface area (Å²) in [6, 6.07) is 8.87. The van der Waals surface area contributed by atoms with E-state index in [9.17, 15) is 8.42 Å². The van der Waals surface area contributed by atoms with Gasteiger partial charge in [0, 0.05) is 16.9 Å². The number of aryl methyl sites for hydroxylation is 2. The minimum Gasteiger partial charge on any atom is -0.306 e. The van der Waals surface area contributed by atoms with Gasteiger partial charge in [0.15, 0.2) is 0 Å². The molecule has 0 unspecified atom stereocenters. The molecule has 1 N–H and O–H groups in total. The Morgan fingerprint density at radius 3 is 2.65 bits per heavy atom. The van der Waals surface area contributed by atoms with E-state index in [0.717, 1.165) is 21.2 Å². The first-order valence-electron chi connectivity index (χ1n) is 7.05. The highest BCUT2D eigenvalue weighted by Crippen LogP contribution is 2.16. The third-order valence-corrected chi connectivity index (χ3v) is 5.56. The molecule has 0 atom stereocenters. The SMILES string of the molecule is Cc1ccc(S(=O)(=O)NCc2cn3cc(Br)ccc3n2)cc1C. The maximum Gasteiger partial charge on any atom is 0.240 e. The van der Waals surface area contributed by atoms with Crippen LogP contribution in [0.15, 0.2) is 52.1 Å².